The first-order chi connectivity index (χ1) is 21.3. The third-order valence-electron chi connectivity index (χ3n) is 8.38. The summed E-state index contributed by atoms with van der Waals surface area (Å²) in [6.45, 7) is 15.3. The summed E-state index contributed by atoms with van der Waals surface area (Å²) in [5, 5.41) is 0. The molecule has 0 amide bonds. The molecule has 1 aliphatic carbocycles. The van der Waals surface area contributed by atoms with Crippen LogP contribution in [0.15, 0.2) is 145 Å². The summed E-state index contributed by atoms with van der Waals surface area (Å²) < 4.78 is 0. The summed E-state index contributed by atoms with van der Waals surface area (Å²) in [5.74, 6) is 0. The average molecular weight is 571 g/mol. The molecule has 218 valence electrons. The summed E-state index contributed by atoms with van der Waals surface area (Å²) in [5.41, 5.74) is 20.7. The van der Waals surface area contributed by atoms with Crippen molar-refractivity contribution in [3.05, 3.63) is 195 Å². The zero-order chi connectivity index (χ0) is 31.1. The van der Waals surface area contributed by atoms with E-state index < -0.39 is 0 Å². The number of hydrogen-bond donors (Lipinski definition) is 0. The van der Waals surface area contributed by atoms with Crippen molar-refractivity contribution in [1.29, 1.82) is 0 Å². The molecule has 0 saturated heterocycles. The van der Waals surface area contributed by atoms with Crippen molar-refractivity contribution in [2.24, 2.45) is 0 Å². The van der Waals surface area contributed by atoms with Crippen LogP contribution in [0.1, 0.15) is 57.0 Å². The molecule has 1 aliphatic rings. The normalized spacial score (nSPS) is 12.9. The second-order valence-electron chi connectivity index (χ2n) is 11.9. The van der Waals surface area contributed by atoms with Gasteiger partial charge >= 0.3 is 0 Å². The van der Waals surface area contributed by atoms with Gasteiger partial charge in [0.1, 0.15) is 0 Å². The minimum absolute atomic E-state index is 0.894. The highest BCUT2D eigenvalue weighted by Gasteiger charge is 2.11. The predicted octanol–water partition coefficient (Wildman–Crippen LogP) is 11.6. The zero-order valence-electron chi connectivity index (χ0n) is 26.7. The molecular weight excluding hydrogens is 528 g/mol. The Balaban J connectivity index is 1.38. The van der Waals surface area contributed by atoms with E-state index in [1.807, 2.05) is 12.2 Å². The van der Waals surface area contributed by atoms with Crippen LogP contribution >= 0.6 is 0 Å². The summed E-state index contributed by atoms with van der Waals surface area (Å²) in [6.07, 6.45) is 18.7. The van der Waals surface area contributed by atoms with E-state index in [1.165, 1.54) is 72.3 Å². The highest BCUT2D eigenvalue weighted by atomic mass is 14.2. The van der Waals surface area contributed by atoms with Gasteiger partial charge in [-0.3, -0.25) is 0 Å². The first-order valence-corrected chi connectivity index (χ1v) is 15.5. The molecule has 0 nitrogen and oxygen atoms in total. The molecule has 0 N–H and O–H groups in total. The third-order valence-corrected chi connectivity index (χ3v) is 8.38. The smallest absolute Gasteiger partial charge is 0.00253 e. The van der Waals surface area contributed by atoms with Gasteiger partial charge in [0.05, 0.1) is 0 Å². The lowest BCUT2D eigenvalue weighted by Crippen LogP contribution is -1.94. The van der Waals surface area contributed by atoms with Crippen LogP contribution in [0.25, 0.3) is 22.3 Å². The molecule has 0 saturated carbocycles. The van der Waals surface area contributed by atoms with E-state index in [-0.39, 0.29) is 0 Å². The molecule has 4 aromatic carbocycles. The molecule has 0 atom stereocenters. The molecule has 0 heteroatoms. The van der Waals surface area contributed by atoms with Crippen LogP contribution in [-0.2, 0) is 12.8 Å². The molecule has 0 bridgehead atoms. The van der Waals surface area contributed by atoms with Crippen LogP contribution in [0.3, 0.4) is 0 Å². The SMILES string of the molecule is C=C(/C=C\C(=C/C)c1ccc(C)c(-c2cc(CC3=CC=C=CC=C3)ccc2C)c1)c1cc(Cc2cccc(C)c2)ccc1C. The van der Waals surface area contributed by atoms with Crippen LogP contribution in [0.2, 0.25) is 0 Å². The number of rotatable bonds is 9. The maximum atomic E-state index is 4.47. The standard InChI is InChI=1S/C44H42/c1-7-40(23-19-33(4)42-28-39(21-17-32(42)3)27-37-16-12-13-31(2)25-37)41-24-20-35(6)44(30-41)43-29-38(22-18-34(43)5)26-36-14-10-8-9-11-15-36/h7-8,10-25,28-30H,4,26-27H2,1-3,5-6H3/b23-19-,40-7+. The quantitative estimate of drug-likeness (QED) is 0.139. The zero-order valence-corrected chi connectivity index (χ0v) is 26.7. The van der Waals surface area contributed by atoms with Gasteiger partial charge in [-0.1, -0.05) is 121 Å². The number of allylic oxidation sites excluding steroid dienone is 10. The van der Waals surface area contributed by atoms with Gasteiger partial charge in [-0.2, -0.15) is 0 Å². The van der Waals surface area contributed by atoms with Crippen molar-refractivity contribution in [2.45, 2.75) is 47.5 Å². The van der Waals surface area contributed by atoms with E-state index in [1.54, 1.807) is 0 Å². The molecule has 0 aliphatic heterocycles. The summed E-state index contributed by atoms with van der Waals surface area (Å²) in [6, 6.07) is 29.2. The fraction of sp³-hybridized carbons (Fsp3) is 0.159. The van der Waals surface area contributed by atoms with Crippen molar-refractivity contribution < 1.29 is 0 Å². The summed E-state index contributed by atoms with van der Waals surface area (Å²) in [4.78, 5) is 0. The maximum absolute atomic E-state index is 4.47. The Morgan fingerprint density at radius 2 is 1.41 bits per heavy atom. The van der Waals surface area contributed by atoms with E-state index in [0.717, 1.165) is 18.4 Å². The largest absolute Gasteiger partial charge is 0.121 e. The Kier molecular flexibility index (Phi) is 9.75. The van der Waals surface area contributed by atoms with Gasteiger partial charge in [-0.05, 0) is 138 Å². The van der Waals surface area contributed by atoms with E-state index in [2.05, 4.69) is 162 Å². The summed E-state index contributed by atoms with van der Waals surface area (Å²) in [7, 11) is 0. The second-order valence-corrected chi connectivity index (χ2v) is 11.9. The molecule has 0 spiro atoms. The number of benzene rings is 4. The number of aryl methyl sites for hydroxylation is 4. The lowest BCUT2D eigenvalue weighted by Gasteiger charge is -2.15. The minimum atomic E-state index is 0.894. The Morgan fingerprint density at radius 1 is 0.705 bits per heavy atom. The maximum Gasteiger partial charge on any atom is -0.00253 e. The molecule has 0 unspecified atom stereocenters. The highest BCUT2D eigenvalue weighted by Crippen LogP contribution is 2.32. The fourth-order valence-corrected chi connectivity index (χ4v) is 5.83. The van der Waals surface area contributed by atoms with Crippen molar-refractivity contribution >= 4 is 11.1 Å². The molecule has 0 aromatic heterocycles. The van der Waals surface area contributed by atoms with Gasteiger partial charge in [0.2, 0.25) is 0 Å². The minimum Gasteiger partial charge on any atom is -0.121 e. The second kappa shape index (κ2) is 14.0. The van der Waals surface area contributed by atoms with Gasteiger partial charge in [-0.15, -0.1) is 5.73 Å². The molecule has 0 heterocycles. The topological polar surface area (TPSA) is 0 Å². The Labute approximate surface area is 264 Å². The van der Waals surface area contributed by atoms with Gasteiger partial charge < -0.3 is 0 Å². The lowest BCUT2D eigenvalue weighted by atomic mass is 9.90. The molecule has 5 rings (SSSR count). The van der Waals surface area contributed by atoms with Crippen LogP contribution < -0.4 is 0 Å². The molecular formula is C44H42. The van der Waals surface area contributed by atoms with Crippen LogP contribution in [0, 0.1) is 27.7 Å². The van der Waals surface area contributed by atoms with Crippen LogP contribution in [-0.4, -0.2) is 0 Å². The molecule has 44 heavy (non-hydrogen) atoms. The van der Waals surface area contributed by atoms with Gasteiger partial charge in [0.15, 0.2) is 0 Å². The van der Waals surface area contributed by atoms with Crippen LogP contribution in [0.4, 0.5) is 0 Å². The molecule has 0 fully saturated rings. The fourth-order valence-electron chi connectivity index (χ4n) is 5.83. The third kappa shape index (κ3) is 7.54. The summed E-state index contributed by atoms with van der Waals surface area (Å²) >= 11 is 0. The van der Waals surface area contributed by atoms with Gasteiger partial charge in [0, 0.05) is 0 Å². The molecule has 4 aromatic rings. The Bertz CT molecular complexity index is 1890. The molecule has 0 radical (unpaired) electrons. The van der Waals surface area contributed by atoms with Gasteiger partial charge in [-0.25, -0.2) is 0 Å². The van der Waals surface area contributed by atoms with Crippen molar-refractivity contribution in [1.82, 2.24) is 0 Å². The Morgan fingerprint density at radius 3 is 2.18 bits per heavy atom. The Hall–Kier alpha value is -4.90. The van der Waals surface area contributed by atoms with Gasteiger partial charge in [0.25, 0.3) is 0 Å². The van der Waals surface area contributed by atoms with Crippen LogP contribution in [0.5, 0.6) is 0 Å². The van der Waals surface area contributed by atoms with E-state index in [9.17, 15) is 0 Å². The van der Waals surface area contributed by atoms with Crippen molar-refractivity contribution in [3.63, 3.8) is 0 Å². The average Bonchev–Trinajstić information content (AvgIpc) is 3.29. The monoisotopic (exact) mass is 570 g/mol. The lowest BCUT2D eigenvalue weighted by molar-refractivity contribution is 1.17. The van der Waals surface area contributed by atoms with E-state index in [0.29, 0.717) is 0 Å². The number of hydrogen-bond acceptors (Lipinski definition) is 0. The predicted molar refractivity (Wildman–Crippen MR) is 192 cm³/mol. The van der Waals surface area contributed by atoms with Crippen molar-refractivity contribution in [2.75, 3.05) is 0 Å². The highest BCUT2D eigenvalue weighted by molar-refractivity contribution is 5.84. The van der Waals surface area contributed by atoms with E-state index >= 15 is 0 Å². The first-order valence-electron chi connectivity index (χ1n) is 15.5. The first kappa shape index (κ1) is 30.6. The van der Waals surface area contributed by atoms with E-state index in [4.69, 9.17) is 0 Å². The van der Waals surface area contributed by atoms with Crippen molar-refractivity contribution in [3.8, 4) is 11.1 Å².